The Kier molecular flexibility index (Phi) is 4.31. The number of aliphatic hydroxyl groups excluding tert-OH is 4. The fourth-order valence-electron chi connectivity index (χ4n) is 2.05. The second kappa shape index (κ2) is 5.57. The van der Waals surface area contributed by atoms with E-state index in [0.717, 1.165) is 6.54 Å². The molecule has 7 heteroatoms. The second-order valence-electron chi connectivity index (χ2n) is 4.48. The van der Waals surface area contributed by atoms with E-state index in [4.69, 9.17) is 9.47 Å². The highest BCUT2D eigenvalue weighted by atomic mass is 16.7. The zero-order valence-corrected chi connectivity index (χ0v) is 9.40. The number of rotatable bonds is 2. The maximum Gasteiger partial charge on any atom is 0.186 e. The molecule has 2 saturated heterocycles. The van der Waals surface area contributed by atoms with Gasteiger partial charge in [-0.25, -0.2) is 0 Å². The second-order valence-corrected chi connectivity index (χ2v) is 4.48. The summed E-state index contributed by atoms with van der Waals surface area (Å²) in [7, 11) is 0. The van der Waals surface area contributed by atoms with E-state index in [2.05, 4.69) is 5.32 Å². The fourth-order valence-corrected chi connectivity index (χ4v) is 2.05. The first-order chi connectivity index (χ1) is 8.09. The lowest BCUT2D eigenvalue weighted by Crippen LogP contribution is -2.56. The van der Waals surface area contributed by atoms with Crippen molar-refractivity contribution in [2.45, 2.75) is 43.2 Å². The third kappa shape index (κ3) is 2.94. The van der Waals surface area contributed by atoms with E-state index in [-0.39, 0.29) is 6.61 Å². The molecule has 5 N–H and O–H groups in total. The van der Waals surface area contributed by atoms with Crippen LogP contribution in [0.2, 0.25) is 0 Å². The van der Waals surface area contributed by atoms with Gasteiger partial charge in [0.25, 0.3) is 0 Å². The van der Waals surface area contributed by atoms with Gasteiger partial charge in [-0.15, -0.1) is 0 Å². The van der Waals surface area contributed by atoms with Gasteiger partial charge in [-0.3, -0.25) is 0 Å². The van der Waals surface area contributed by atoms with Crippen molar-refractivity contribution in [1.82, 2.24) is 5.32 Å². The lowest BCUT2D eigenvalue weighted by molar-refractivity contribution is -0.291. The van der Waals surface area contributed by atoms with E-state index in [1.165, 1.54) is 0 Å². The van der Waals surface area contributed by atoms with Crippen LogP contribution in [0.1, 0.15) is 6.42 Å². The number of hydrogen-bond donors (Lipinski definition) is 5. The van der Waals surface area contributed by atoms with Crippen molar-refractivity contribution in [3.63, 3.8) is 0 Å². The Labute approximate surface area is 99.0 Å². The summed E-state index contributed by atoms with van der Waals surface area (Å²) in [5, 5.41) is 41.1. The summed E-state index contributed by atoms with van der Waals surface area (Å²) in [6.45, 7) is 1.05. The number of hydrogen-bond acceptors (Lipinski definition) is 7. The molecule has 0 radical (unpaired) electrons. The van der Waals surface area contributed by atoms with Gasteiger partial charge in [-0.1, -0.05) is 0 Å². The summed E-state index contributed by atoms with van der Waals surface area (Å²) in [5.74, 6) is 0. The van der Waals surface area contributed by atoms with Crippen LogP contribution in [0.3, 0.4) is 0 Å². The molecule has 2 aliphatic heterocycles. The van der Waals surface area contributed by atoms with Crippen LogP contribution in [0.4, 0.5) is 0 Å². The van der Waals surface area contributed by atoms with Crippen molar-refractivity contribution in [1.29, 1.82) is 0 Å². The summed E-state index contributed by atoms with van der Waals surface area (Å²) in [4.78, 5) is 0. The molecular weight excluding hydrogens is 230 g/mol. The molecule has 2 heterocycles. The Morgan fingerprint density at radius 3 is 2.53 bits per heavy atom. The molecule has 0 unspecified atom stereocenters. The number of β-amino-alcohol motifs (C(OH)–C–C–N with tert-alkyl or cyclic N) is 1. The number of piperidine rings is 1. The molecule has 100 valence electrons. The molecular formula is C10H19NO6. The molecule has 0 saturated carbocycles. The van der Waals surface area contributed by atoms with Gasteiger partial charge in [0.05, 0.1) is 18.8 Å². The molecule has 0 aromatic heterocycles. The first-order valence-electron chi connectivity index (χ1n) is 5.79. The highest BCUT2D eigenvalue weighted by molar-refractivity contribution is 4.85. The SMILES string of the molecule is O[C@@H]1[C@@H](O[C@@H]2CCNC[C@H]2O)OC[C@H](O)[C@H]1O. The van der Waals surface area contributed by atoms with Crippen LogP contribution in [0, 0.1) is 0 Å². The molecule has 2 aliphatic rings. The van der Waals surface area contributed by atoms with Crippen LogP contribution in [-0.4, -0.2) is 76.9 Å². The summed E-state index contributed by atoms with van der Waals surface area (Å²) >= 11 is 0. The van der Waals surface area contributed by atoms with Gasteiger partial charge < -0.3 is 35.2 Å². The van der Waals surface area contributed by atoms with Crippen molar-refractivity contribution in [2.24, 2.45) is 0 Å². The molecule has 0 aromatic rings. The van der Waals surface area contributed by atoms with Crippen molar-refractivity contribution in [3.8, 4) is 0 Å². The van der Waals surface area contributed by atoms with Gasteiger partial charge >= 0.3 is 0 Å². The van der Waals surface area contributed by atoms with Gasteiger partial charge in [-0.2, -0.15) is 0 Å². The van der Waals surface area contributed by atoms with Crippen LogP contribution >= 0.6 is 0 Å². The Morgan fingerprint density at radius 1 is 1.06 bits per heavy atom. The number of nitrogens with one attached hydrogen (secondary N) is 1. The van der Waals surface area contributed by atoms with E-state index in [0.29, 0.717) is 13.0 Å². The predicted molar refractivity (Wildman–Crippen MR) is 56.1 cm³/mol. The Bertz CT molecular complexity index is 253. The Hall–Kier alpha value is -0.280. The van der Waals surface area contributed by atoms with Crippen molar-refractivity contribution < 1.29 is 29.9 Å². The molecule has 0 aromatic carbocycles. The molecule has 2 fully saturated rings. The minimum Gasteiger partial charge on any atom is -0.389 e. The van der Waals surface area contributed by atoms with E-state index >= 15 is 0 Å². The standard InChI is InChI=1S/C10H19NO6/c12-5-3-11-2-1-7(5)17-10-9(15)8(14)6(13)4-16-10/h5-15H,1-4H2/t5-,6+,7-,8-,9+,10-/m1/s1. The average Bonchev–Trinajstić information content (AvgIpc) is 2.32. The van der Waals surface area contributed by atoms with E-state index in [9.17, 15) is 20.4 Å². The predicted octanol–water partition coefficient (Wildman–Crippen LogP) is -2.84. The van der Waals surface area contributed by atoms with Gasteiger partial charge in [-0.05, 0) is 13.0 Å². The van der Waals surface area contributed by atoms with Crippen molar-refractivity contribution >= 4 is 0 Å². The highest BCUT2D eigenvalue weighted by Crippen LogP contribution is 2.20. The monoisotopic (exact) mass is 249 g/mol. The van der Waals surface area contributed by atoms with E-state index in [1.54, 1.807) is 0 Å². The van der Waals surface area contributed by atoms with Crippen molar-refractivity contribution in [3.05, 3.63) is 0 Å². The zero-order valence-electron chi connectivity index (χ0n) is 9.40. The van der Waals surface area contributed by atoms with Gasteiger partial charge in [0.15, 0.2) is 6.29 Å². The van der Waals surface area contributed by atoms with Crippen LogP contribution in [0.25, 0.3) is 0 Å². The van der Waals surface area contributed by atoms with E-state index < -0.39 is 36.8 Å². The van der Waals surface area contributed by atoms with Crippen LogP contribution < -0.4 is 5.32 Å². The largest absolute Gasteiger partial charge is 0.389 e. The minimum absolute atomic E-state index is 0.0933. The smallest absolute Gasteiger partial charge is 0.186 e. The minimum atomic E-state index is -1.30. The van der Waals surface area contributed by atoms with Crippen LogP contribution in [-0.2, 0) is 9.47 Å². The Balaban J connectivity index is 1.89. The molecule has 0 spiro atoms. The zero-order chi connectivity index (χ0) is 12.4. The lowest BCUT2D eigenvalue weighted by Gasteiger charge is -2.38. The molecule has 0 amide bonds. The maximum absolute atomic E-state index is 9.67. The third-order valence-electron chi connectivity index (χ3n) is 3.15. The lowest BCUT2D eigenvalue weighted by atomic mass is 10.0. The number of ether oxygens (including phenoxy) is 2. The van der Waals surface area contributed by atoms with Crippen LogP contribution in [0.5, 0.6) is 0 Å². The van der Waals surface area contributed by atoms with Crippen molar-refractivity contribution in [2.75, 3.05) is 19.7 Å². The molecule has 2 rings (SSSR count). The first kappa shape index (κ1) is 13.2. The van der Waals surface area contributed by atoms with Gasteiger partial charge in [0.1, 0.15) is 18.3 Å². The third-order valence-corrected chi connectivity index (χ3v) is 3.15. The molecule has 0 aliphatic carbocycles. The summed E-state index contributed by atoms with van der Waals surface area (Å²) < 4.78 is 10.6. The van der Waals surface area contributed by atoms with Crippen LogP contribution in [0.15, 0.2) is 0 Å². The normalized spacial score (nSPS) is 48.0. The van der Waals surface area contributed by atoms with Gasteiger partial charge in [0, 0.05) is 6.54 Å². The summed E-state index contributed by atoms with van der Waals surface area (Å²) in [6, 6.07) is 0. The average molecular weight is 249 g/mol. The highest BCUT2D eigenvalue weighted by Gasteiger charge is 2.40. The molecule has 7 nitrogen and oxygen atoms in total. The number of aliphatic hydroxyl groups is 4. The topological polar surface area (TPSA) is 111 Å². The quantitative estimate of drug-likeness (QED) is 0.358. The van der Waals surface area contributed by atoms with E-state index in [1.807, 2.05) is 0 Å². The molecule has 6 atom stereocenters. The molecule has 17 heavy (non-hydrogen) atoms. The van der Waals surface area contributed by atoms with Gasteiger partial charge in [0.2, 0.25) is 0 Å². The summed E-state index contributed by atoms with van der Waals surface area (Å²) in [6.07, 6.45) is -5.20. The first-order valence-corrected chi connectivity index (χ1v) is 5.79. The molecule has 0 bridgehead atoms. The fraction of sp³-hybridized carbons (Fsp3) is 1.00. The Morgan fingerprint density at radius 2 is 1.82 bits per heavy atom. The summed E-state index contributed by atoms with van der Waals surface area (Å²) in [5.41, 5.74) is 0. The maximum atomic E-state index is 9.67.